The van der Waals surface area contributed by atoms with Crippen molar-refractivity contribution in [2.24, 2.45) is 0 Å². The summed E-state index contributed by atoms with van der Waals surface area (Å²) >= 11 is 6.11. The van der Waals surface area contributed by atoms with Gasteiger partial charge in [-0.3, -0.25) is 0 Å². The van der Waals surface area contributed by atoms with Gasteiger partial charge in [-0.2, -0.15) is 10.1 Å². The molecule has 1 heterocycles. The van der Waals surface area contributed by atoms with Crippen molar-refractivity contribution < 1.29 is 4.74 Å². The summed E-state index contributed by atoms with van der Waals surface area (Å²) < 4.78 is 5.13. The Morgan fingerprint density at radius 1 is 1.12 bits per heavy atom. The number of methoxy groups -OCH3 is 1. The molecule has 0 aliphatic heterocycles. The number of anilines is 3. The molecule has 0 radical (unpaired) electrons. The van der Waals surface area contributed by atoms with E-state index in [1.165, 1.54) is 0 Å². The third kappa shape index (κ3) is 4.11. The van der Waals surface area contributed by atoms with E-state index >= 15 is 0 Å². The number of hydrogen-bond donors (Lipinski definition) is 2. The van der Waals surface area contributed by atoms with Crippen LogP contribution in [-0.4, -0.2) is 22.3 Å². The van der Waals surface area contributed by atoms with Crippen LogP contribution in [-0.2, 0) is 6.54 Å². The standard InChI is InChI=1S/C17H16ClN5O/c1-24-15-8-7-13(9-14(15)18)21-17-22-16(11-20-23-17)19-10-12-5-3-2-4-6-12/h2-9,11H,10H2,1H3,(H2,19,21,22,23). The number of nitrogens with one attached hydrogen (secondary N) is 2. The third-order valence-corrected chi connectivity index (χ3v) is 3.58. The van der Waals surface area contributed by atoms with Crippen LogP contribution >= 0.6 is 11.6 Å². The van der Waals surface area contributed by atoms with Crippen LogP contribution in [0.1, 0.15) is 5.56 Å². The molecule has 0 saturated carbocycles. The van der Waals surface area contributed by atoms with Gasteiger partial charge >= 0.3 is 0 Å². The molecule has 0 saturated heterocycles. The summed E-state index contributed by atoms with van der Waals surface area (Å²) in [4.78, 5) is 4.39. The second kappa shape index (κ2) is 7.61. The Morgan fingerprint density at radius 3 is 2.71 bits per heavy atom. The normalized spacial score (nSPS) is 10.2. The highest BCUT2D eigenvalue weighted by atomic mass is 35.5. The maximum atomic E-state index is 6.11. The summed E-state index contributed by atoms with van der Waals surface area (Å²) in [7, 11) is 1.57. The van der Waals surface area contributed by atoms with E-state index in [1.54, 1.807) is 25.4 Å². The van der Waals surface area contributed by atoms with Crippen LogP contribution in [0.4, 0.5) is 17.5 Å². The van der Waals surface area contributed by atoms with Gasteiger partial charge in [0.2, 0.25) is 5.95 Å². The quantitative estimate of drug-likeness (QED) is 0.708. The third-order valence-electron chi connectivity index (χ3n) is 3.28. The fourth-order valence-electron chi connectivity index (χ4n) is 2.10. The highest BCUT2D eigenvalue weighted by Crippen LogP contribution is 2.28. The first-order chi connectivity index (χ1) is 11.7. The summed E-state index contributed by atoms with van der Waals surface area (Å²) in [6, 6.07) is 15.4. The molecule has 0 spiro atoms. The minimum atomic E-state index is 0.384. The van der Waals surface area contributed by atoms with Crippen molar-refractivity contribution in [3.8, 4) is 5.75 Å². The van der Waals surface area contributed by atoms with Gasteiger partial charge in [-0.15, -0.1) is 5.10 Å². The molecule has 24 heavy (non-hydrogen) atoms. The average Bonchev–Trinajstić information content (AvgIpc) is 2.61. The number of rotatable bonds is 6. The molecule has 0 fully saturated rings. The first-order valence-electron chi connectivity index (χ1n) is 7.32. The summed E-state index contributed by atoms with van der Waals surface area (Å²) in [5.74, 6) is 1.63. The van der Waals surface area contributed by atoms with Gasteiger partial charge in [-0.05, 0) is 23.8 Å². The fourth-order valence-corrected chi connectivity index (χ4v) is 2.36. The van der Waals surface area contributed by atoms with Crippen molar-refractivity contribution >= 4 is 29.1 Å². The van der Waals surface area contributed by atoms with Crippen LogP contribution in [0.25, 0.3) is 0 Å². The van der Waals surface area contributed by atoms with Crippen molar-refractivity contribution in [1.82, 2.24) is 15.2 Å². The topological polar surface area (TPSA) is 72.0 Å². The lowest BCUT2D eigenvalue weighted by Gasteiger charge is -2.09. The maximum Gasteiger partial charge on any atom is 0.249 e. The van der Waals surface area contributed by atoms with Gasteiger partial charge in [0, 0.05) is 12.2 Å². The van der Waals surface area contributed by atoms with Gasteiger partial charge in [0.05, 0.1) is 18.3 Å². The fraction of sp³-hybridized carbons (Fsp3) is 0.118. The second-order valence-electron chi connectivity index (χ2n) is 4.98. The summed E-state index contributed by atoms with van der Waals surface area (Å²) in [5, 5.41) is 14.7. The van der Waals surface area contributed by atoms with Gasteiger partial charge in [-0.1, -0.05) is 41.9 Å². The lowest BCUT2D eigenvalue weighted by molar-refractivity contribution is 0.415. The van der Waals surface area contributed by atoms with E-state index in [0.29, 0.717) is 29.1 Å². The Hall–Kier alpha value is -2.86. The van der Waals surface area contributed by atoms with E-state index in [-0.39, 0.29) is 0 Å². The molecule has 0 amide bonds. The van der Waals surface area contributed by atoms with Gasteiger partial charge < -0.3 is 15.4 Å². The molecule has 1 aromatic heterocycles. The minimum Gasteiger partial charge on any atom is -0.495 e. The molecule has 7 heteroatoms. The van der Waals surface area contributed by atoms with E-state index in [0.717, 1.165) is 11.3 Å². The number of hydrogen-bond acceptors (Lipinski definition) is 6. The maximum absolute atomic E-state index is 6.11. The Labute approximate surface area is 144 Å². The Bertz CT molecular complexity index is 813. The summed E-state index contributed by atoms with van der Waals surface area (Å²) in [6.07, 6.45) is 1.58. The number of benzene rings is 2. The summed E-state index contributed by atoms with van der Waals surface area (Å²) in [6.45, 7) is 0.660. The second-order valence-corrected chi connectivity index (χ2v) is 5.39. The molecule has 3 rings (SSSR count). The molecule has 2 aromatic carbocycles. The Kier molecular flexibility index (Phi) is 5.08. The largest absolute Gasteiger partial charge is 0.495 e. The predicted molar refractivity (Wildman–Crippen MR) is 94.9 cm³/mol. The van der Waals surface area contributed by atoms with Crippen molar-refractivity contribution in [3.05, 3.63) is 65.3 Å². The SMILES string of the molecule is COc1ccc(Nc2nncc(NCc3ccccc3)n2)cc1Cl. The van der Waals surface area contributed by atoms with E-state index in [1.807, 2.05) is 36.4 Å². The molecule has 6 nitrogen and oxygen atoms in total. The van der Waals surface area contributed by atoms with E-state index in [2.05, 4.69) is 25.8 Å². The zero-order valence-electron chi connectivity index (χ0n) is 13.0. The molecule has 0 aliphatic carbocycles. The minimum absolute atomic E-state index is 0.384. The molecule has 0 unspecified atom stereocenters. The average molecular weight is 342 g/mol. The lowest BCUT2D eigenvalue weighted by Crippen LogP contribution is -2.05. The summed E-state index contributed by atoms with van der Waals surface area (Å²) in [5.41, 5.74) is 1.91. The first kappa shape index (κ1) is 16.0. The van der Waals surface area contributed by atoms with Crippen molar-refractivity contribution in [3.63, 3.8) is 0 Å². The highest BCUT2D eigenvalue weighted by molar-refractivity contribution is 6.32. The Balaban J connectivity index is 1.67. The van der Waals surface area contributed by atoms with Crippen molar-refractivity contribution in [2.75, 3.05) is 17.7 Å². The molecule has 0 bridgehead atoms. The number of ether oxygens (including phenoxy) is 1. The Morgan fingerprint density at radius 2 is 1.96 bits per heavy atom. The van der Waals surface area contributed by atoms with Gasteiger partial charge in [0.25, 0.3) is 0 Å². The molecule has 2 N–H and O–H groups in total. The van der Waals surface area contributed by atoms with Crippen LogP contribution in [0.2, 0.25) is 5.02 Å². The molecule has 3 aromatic rings. The lowest BCUT2D eigenvalue weighted by atomic mass is 10.2. The first-order valence-corrected chi connectivity index (χ1v) is 7.70. The zero-order valence-corrected chi connectivity index (χ0v) is 13.8. The van der Waals surface area contributed by atoms with Crippen LogP contribution in [0.15, 0.2) is 54.7 Å². The van der Waals surface area contributed by atoms with Gasteiger partial charge in [-0.25, -0.2) is 0 Å². The molecule has 0 aliphatic rings. The number of aromatic nitrogens is 3. The van der Waals surface area contributed by atoms with E-state index in [9.17, 15) is 0 Å². The monoisotopic (exact) mass is 341 g/mol. The smallest absolute Gasteiger partial charge is 0.249 e. The van der Waals surface area contributed by atoms with Gasteiger partial charge in [0.1, 0.15) is 5.75 Å². The number of halogens is 1. The van der Waals surface area contributed by atoms with E-state index in [4.69, 9.17) is 16.3 Å². The predicted octanol–water partition coefficient (Wildman–Crippen LogP) is 3.89. The van der Waals surface area contributed by atoms with E-state index < -0.39 is 0 Å². The molecule has 0 atom stereocenters. The van der Waals surface area contributed by atoms with Crippen LogP contribution in [0, 0.1) is 0 Å². The molecular weight excluding hydrogens is 326 g/mol. The van der Waals surface area contributed by atoms with Crippen LogP contribution < -0.4 is 15.4 Å². The van der Waals surface area contributed by atoms with Gasteiger partial charge in [0.15, 0.2) is 5.82 Å². The number of nitrogens with zero attached hydrogens (tertiary/aromatic N) is 3. The van der Waals surface area contributed by atoms with Crippen molar-refractivity contribution in [2.45, 2.75) is 6.54 Å². The van der Waals surface area contributed by atoms with Crippen LogP contribution in [0.5, 0.6) is 5.75 Å². The zero-order chi connectivity index (χ0) is 16.8. The van der Waals surface area contributed by atoms with Crippen molar-refractivity contribution in [1.29, 1.82) is 0 Å². The molecule has 122 valence electrons. The highest BCUT2D eigenvalue weighted by Gasteiger charge is 2.05. The van der Waals surface area contributed by atoms with Crippen LogP contribution in [0.3, 0.4) is 0 Å². The molecular formula is C17H16ClN5O.